The lowest BCUT2D eigenvalue weighted by Gasteiger charge is -2.27. The molecule has 4 nitrogen and oxygen atoms in total. The number of benzene rings is 1. The van der Waals surface area contributed by atoms with E-state index in [1.165, 1.54) is 0 Å². The Labute approximate surface area is 126 Å². The first kappa shape index (κ1) is 15.0. The second-order valence-electron chi connectivity index (χ2n) is 5.27. The molecule has 2 unspecified atom stereocenters. The predicted molar refractivity (Wildman–Crippen MR) is 79.4 cm³/mol. The van der Waals surface area contributed by atoms with Gasteiger partial charge in [0, 0.05) is 10.5 Å². The number of rotatable bonds is 4. The van der Waals surface area contributed by atoms with E-state index in [0.717, 1.165) is 22.9 Å². The highest BCUT2D eigenvalue weighted by Gasteiger charge is 2.27. The minimum Gasteiger partial charge on any atom is -0.481 e. The molecule has 1 amide bonds. The number of halogens is 1. The molecule has 1 aromatic carbocycles. The van der Waals surface area contributed by atoms with Crippen molar-refractivity contribution in [3.8, 4) is 0 Å². The molecular weight excluding hydrogens is 322 g/mol. The Balaban J connectivity index is 1.85. The number of hydrogen-bond acceptors (Lipinski definition) is 2. The fourth-order valence-corrected chi connectivity index (χ4v) is 2.88. The number of carbonyl (C=O) groups excluding carboxylic acids is 1. The van der Waals surface area contributed by atoms with Crippen molar-refractivity contribution < 1.29 is 14.7 Å². The van der Waals surface area contributed by atoms with Crippen LogP contribution in [-0.2, 0) is 16.0 Å². The van der Waals surface area contributed by atoms with Crippen LogP contribution in [0.2, 0.25) is 0 Å². The van der Waals surface area contributed by atoms with Crippen LogP contribution in [0.4, 0.5) is 0 Å². The Morgan fingerprint density at radius 3 is 2.60 bits per heavy atom. The normalized spacial score (nSPS) is 22.2. The van der Waals surface area contributed by atoms with Gasteiger partial charge in [-0.1, -0.05) is 34.5 Å². The first-order valence-electron chi connectivity index (χ1n) is 6.81. The van der Waals surface area contributed by atoms with Crippen LogP contribution in [0, 0.1) is 5.92 Å². The van der Waals surface area contributed by atoms with Gasteiger partial charge in [0.2, 0.25) is 5.91 Å². The van der Waals surface area contributed by atoms with Crippen molar-refractivity contribution >= 4 is 27.8 Å². The molecule has 5 heteroatoms. The SMILES string of the molecule is O=C(Cc1ccc(Br)cc1)NC1CCCC(C(=O)O)C1. The molecule has 108 valence electrons. The van der Waals surface area contributed by atoms with Crippen LogP contribution in [0.25, 0.3) is 0 Å². The lowest BCUT2D eigenvalue weighted by Crippen LogP contribution is -2.40. The highest BCUT2D eigenvalue weighted by Crippen LogP contribution is 2.24. The molecule has 0 saturated heterocycles. The number of nitrogens with one attached hydrogen (secondary N) is 1. The van der Waals surface area contributed by atoms with Crippen molar-refractivity contribution in [3.63, 3.8) is 0 Å². The van der Waals surface area contributed by atoms with Crippen molar-refractivity contribution in [1.82, 2.24) is 5.32 Å². The van der Waals surface area contributed by atoms with E-state index in [1.54, 1.807) is 0 Å². The topological polar surface area (TPSA) is 66.4 Å². The van der Waals surface area contributed by atoms with Gasteiger partial charge in [0.05, 0.1) is 12.3 Å². The Morgan fingerprint density at radius 2 is 1.95 bits per heavy atom. The number of amides is 1. The quantitative estimate of drug-likeness (QED) is 0.886. The molecule has 2 rings (SSSR count). The van der Waals surface area contributed by atoms with E-state index in [-0.39, 0.29) is 17.9 Å². The molecule has 1 saturated carbocycles. The molecule has 2 N–H and O–H groups in total. The van der Waals surface area contributed by atoms with E-state index < -0.39 is 5.97 Å². The molecule has 0 radical (unpaired) electrons. The zero-order valence-corrected chi connectivity index (χ0v) is 12.7. The van der Waals surface area contributed by atoms with E-state index in [4.69, 9.17) is 5.11 Å². The third kappa shape index (κ3) is 4.34. The van der Waals surface area contributed by atoms with Gasteiger partial charge in [-0.2, -0.15) is 0 Å². The molecule has 20 heavy (non-hydrogen) atoms. The Morgan fingerprint density at radius 1 is 1.25 bits per heavy atom. The van der Waals surface area contributed by atoms with Crippen molar-refractivity contribution in [2.24, 2.45) is 5.92 Å². The van der Waals surface area contributed by atoms with Crippen molar-refractivity contribution in [2.75, 3.05) is 0 Å². The van der Waals surface area contributed by atoms with Crippen LogP contribution in [0.15, 0.2) is 28.7 Å². The monoisotopic (exact) mass is 339 g/mol. The van der Waals surface area contributed by atoms with Gasteiger partial charge in [-0.3, -0.25) is 9.59 Å². The molecule has 1 aliphatic rings. The molecule has 0 aromatic heterocycles. The summed E-state index contributed by atoms with van der Waals surface area (Å²) < 4.78 is 0.984. The molecule has 1 aromatic rings. The standard InChI is InChI=1S/C15H18BrNO3/c16-12-6-4-10(5-7-12)8-14(18)17-13-3-1-2-11(9-13)15(19)20/h4-7,11,13H,1-3,8-9H2,(H,17,18)(H,19,20). The fraction of sp³-hybridized carbons (Fsp3) is 0.467. The number of carboxylic acids is 1. The van der Waals surface area contributed by atoms with E-state index >= 15 is 0 Å². The maximum atomic E-state index is 12.0. The second-order valence-corrected chi connectivity index (χ2v) is 6.19. The minimum absolute atomic E-state index is 0.00667. The first-order chi connectivity index (χ1) is 9.54. The van der Waals surface area contributed by atoms with Gasteiger partial charge in [0.1, 0.15) is 0 Å². The van der Waals surface area contributed by atoms with Crippen LogP contribution < -0.4 is 5.32 Å². The Kier molecular flexibility index (Phi) is 5.17. The van der Waals surface area contributed by atoms with Crippen molar-refractivity contribution in [1.29, 1.82) is 0 Å². The number of carbonyl (C=O) groups is 2. The van der Waals surface area contributed by atoms with E-state index in [1.807, 2.05) is 24.3 Å². The first-order valence-corrected chi connectivity index (χ1v) is 7.60. The fourth-order valence-electron chi connectivity index (χ4n) is 2.61. The molecule has 0 heterocycles. The van der Waals surface area contributed by atoms with Gasteiger partial charge < -0.3 is 10.4 Å². The Hall–Kier alpha value is -1.36. The third-order valence-corrected chi connectivity index (χ3v) is 4.20. The summed E-state index contributed by atoms with van der Waals surface area (Å²) in [6, 6.07) is 7.62. The molecule has 0 aliphatic heterocycles. The highest BCUT2D eigenvalue weighted by molar-refractivity contribution is 9.10. The van der Waals surface area contributed by atoms with Gasteiger partial charge in [0.25, 0.3) is 0 Å². The van der Waals surface area contributed by atoms with Gasteiger partial charge in [0.15, 0.2) is 0 Å². The largest absolute Gasteiger partial charge is 0.481 e. The zero-order valence-electron chi connectivity index (χ0n) is 11.1. The van der Waals surface area contributed by atoms with Crippen LogP contribution in [0.3, 0.4) is 0 Å². The van der Waals surface area contributed by atoms with Crippen molar-refractivity contribution in [3.05, 3.63) is 34.3 Å². The zero-order chi connectivity index (χ0) is 14.5. The Bertz CT molecular complexity index is 486. The van der Waals surface area contributed by atoms with Gasteiger partial charge in [-0.15, -0.1) is 0 Å². The summed E-state index contributed by atoms with van der Waals surface area (Å²) >= 11 is 3.36. The predicted octanol–water partition coefficient (Wildman–Crippen LogP) is 2.75. The maximum Gasteiger partial charge on any atom is 0.306 e. The van der Waals surface area contributed by atoms with Crippen LogP contribution >= 0.6 is 15.9 Å². The highest BCUT2D eigenvalue weighted by atomic mass is 79.9. The van der Waals surface area contributed by atoms with E-state index in [0.29, 0.717) is 19.3 Å². The summed E-state index contributed by atoms with van der Waals surface area (Å²) in [4.78, 5) is 23.0. The van der Waals surface area contributed by atoms with Crippen LogP contribution in [-0.4, -0.2) is 23.0 Å². The summed E-state index contributed by atoms with van der Waals surface area (Å²) in [7, 11) is 0. The smallest absolute Gasteiger partial charge is 0.306 e. The molecular formula is C15H18BrNO3. The summed E-state index contributed by atoms with van der Waals surface area (Å²) in [6.07, 6.45) is 3.33. The lowest BCUT2D eigenvalue weighted by molar-refractivity contribution is -0.143. The molecule has 0 bridgehead atoms. The summed E-state index contributed by atoms with van der Waals surface area (Å²) in [5.74, 6) is -1.11. The summed E-state index contributed by atoms with van der Waals surface area (Å²) in [5.41, 5.74) is 0.955. The minimum atomic E-state index is -0.753. The average Bonchev–Trinajstić information content (AvgIpc) is 2.41. The van der Waals surface area contributed by atoms with Crippen LogP contribution in [0.5, 0.6) is 0 Å². The summed E-state index contributed by atoms with van der Waals surface area (Å²) in [5, 5.41) is 12.0. The van der Waals surface area contributed by atoms with E-state index in [9.17, 15) is 9.59 Å². The third-order valence-electron chi connectivity index (χ3n) is 3.67. The summed E-state index contributed by atoms with van der Waals surface area (Å²) in [6.45, 7) is 0. The number of carboxylic acid groups (broad SMARTS) is 1. The van der Waals surface area contributed by atoms with Gasteiger partial charge in [-0.25, -0.2) is 0 Å². The van der Waals surface area contributed by atoms with Gasteiger partial charge in [-0.05, 0) is 37.0 Å². The maximum absolute atomic E-state index is 12.0. The van der Waals surface area contributed by atoms with Crippen LogP contribution in [0.1, 0.15) is 31.2 Å². The number of aliphatic carboxylic acids is 1. The average molecular weight is 340 g/mol. The van der Waals surface area contributed by atoms with E-state index in [2.05, 4.69) is 21.2 Å². The molecule has 0 spiro atoms. The number of hydrogen-bond donors (Lipinski definition) is 2. The molecule has 1 fully saturated rings. The van der Waals surface area contributed by atoms with Crippen molar-refractivity contribution in [2.45, 2.75) is 38.1 Å². The molecule has 1 aliphatic carbocycles. The lowest BCUT2D eigenvalue weighted by atomic mass is 9.85. The molecule has 2 atom stereocenters. The van der Waals surface area contributed by atoms with Gasteiger partial charge >= 0.3 is 5.97 Å². The second kappa shape index (κ2) is 6.88.